The zero-order chi connectivity index (χ0) is 14.8. The lowest BCUT2D eigenvalue weighted by molar-refractivity contribution is -0.138. The molecule has 0 aliphatic carbocycles. The number of amides is 2. The van der Waals surface area contributed by atoms with Crippen molar-refractivity contribution in [2.75, 3.05) is 39.3 Å². The zero-order valence-electron chi connectivity index (χ0n) is 11.7. The Balaban J connectivity index is 1.56. The molecule has 0 spiro atoms. The van der Waals surface area contributed by atoms with Crippen molar-refractivity contribution in [3.05, 3.63) is 34.9 Å². The summed E-state index contributed by atoms with van der Waals surface area (Å²) >= 11 is 5.83. The molecule has 2 saturated heterocycles. The van der Waals surface area contributed by atoms with Crippen LogP contribution in [0.4, 0.5) is 0 Å². The minimum Gasteiger partial charge on any atom is -0.339 e. The van der Waals surface area contributed by atoms with Gasteiger partial charge in [0, 0.05) is 49.9 Å². The van der Waals surface area contributed by atoms with Crippen molar-refractivity contribution in [1.29, 1.82) is 0 Å². The van der Waals surface area contributed by atoms with Gasteiger partial charge in [-0.05, 0) is 24.3 Å². The quantitative estimate of drug-likeness (QED) is 0.881. The number of carbonyl (C=O) groups excluding carboxylic acids is 2. The van der Waals surface area contributed by atoms with Gasteiger partial charge in [-0.15, -0.1) is 0 Å². The van der Waals surface area contributed by atoms with Crippen LogP contribution in [-0.4, -0.2) is 60.9 Å². The summed E-state index contributed by atoms with van der Waals surface area (Å²) in [5, 5.41) is 3.73. The lowest BCUT2D eigenvalue weighted by Crippen LogP contribution is -2.57. The van der Waals surface area contributed by atoms with E-state index in [9.17, 15) is 9.59 Å². The molecule has 0 saturated carbocycles. The van der Waals surface area contributed by atoms with Gasteiger partial charge in [-0.25, -0.2) is 0 Å². The van der Waals surface area contributed by atoms with Gasteiger partial charge in [-0.2, -0.15) is 0 Å². The van der Waals surface area contributed by atoms with Gasteiger partial charge in [0.05, 0.1) is 5.92 Å². The number of piperazine rings is 1. The van der Waals surface area contributed by atoms with Crippen molar-refractivity contribution < 1.29 is 9.59 Å². The van der Waals surface area contributed by atoms with Crippen LogP contribution in [0.1, 0.15) is 10.4 Å². The molecule has 0 radical (unpaired) electrons. The maximum absolute atomic E-state index is 12.4. The highest BCUT2D eigenvalue weighted by atomic mass is 35.5. The van der Waals surface area contributed by atoms with Crippen molar-refractivity contribution in [1.82, 2.24) is 15.1 Å². The summed E-state index contributed by atoms with van der Waals surface area (Å²) in [7, 11) is 0. The van der Waals surface area contributed by atoms with E-state index in [0.29, 0.717) is 36.8 Å². The van der Waals surface area contributed by atoms with Crippen molar-refractivity contribution in [2.24, 2.45) is 5.92 Å². The summed E-state index contributed by atoms with van der Waals surface area (Å²) in [5.74, 6) is 0.347. The Bertz CT molecular complexity index is 534. The molecular weight excluding hydrogens is 290 g/mol. The van der Waals surface area contributed by atoms with Crippen LogP contribution in [0, 0.1) is 5.92 Å². The molecule has 0 bridgehead atoms. The average Bonchev–Trinajstić information content (AvgIpc) is 2.46. The first kappa shape index (κ1) is 14.4. The molecule has 3 rings (SSSR count). The Kier molecular flexibility index (Phi) is 4.12. The van der Waals surface area contributed by atoms with Gasteiger partial charge < -0.3 is 15.1 Å². The van der Waals surface area contributed by atoms with E-state index in [-0.39, 0.29) is 17.7 Å². The molecule has 0 aromatic heterocycles. The standard InChI is InChI=1S/C15H18ClN3O2/c16-13-3-1-11(2-4-13)14(20)18-5-7-19(8-6-18)15(21)12-9-17-10-12/h1-4,12,17H,5-10H2. The predicted octanol–water partition coefficient (Wildman–Crippen LogP) is 0.844. The number of benzene rings is 1. The normalized spacial score (nSPS) is 19.3. The van der Waals surface area contributed by atoms with Crippen LogP contribution in [-0.2, 0) is 4.79 Å². The number of carbonyl (C=O) groups is 2. The van der Waals surface area contributed by atoms with E-state index < -0.39 is 0 Å². The van der Waals surface area contributed by atoms with Gasteiger partial charge in [0.1, 0.15) is 0 Å². The van der Waals surface area contributed by atoms with Crippen molar-refractivity contribution >= 4 is 23.4 Å². The Morgan fingerprint density at radius 1 is 1.00 bits per heavy atom. The maximum atomic E-state index is 12.4. The smallest absolute Gasteiger partial charge is 0.253 e. The van der Waals surface area contributed by atoms with Gasteiger partial charge in [0.25, 0.3) is 5.91 Å². The molecule has 1 N–H and O–H groups in total. The Morgan fingerprint density at radius 2 is 1.57 bits per heavy atom. The monoisotopic (exact) mass is 307 g/mol. The van der Waals surface area contributed by atoms with Crippen LogP contribution in [0.2, 0.25) is 5.02 Å². The van der Waals surface area contributed by atoms with Gasteiger partial charge in [0.2, 0.25) is 5.91 Å². The largest absolute Gasteiger partial charge is 0.339 e. The molecule has 0 atom stereocenters. The molecule has 112 valence electrons. The zero-order valence-corrected chi connectivity index (χ0v) is 12.5. The van der Waals surface area contributed by atoms with E-state index in [1.54, 1.807) is 29.2 Å². The second-order valence-electron chi connectivity index (χ2n) is 5.48. The average molecular weight is 308 g/mol. The lowest BCUT2D eigenvalue weighted by atomic mass is 10.0. The van der Waals surface area contributed by atoms with E-state index in [1.165, 1.54) is 0 Å². The number of halogens is 1. The second-order valence-corrected chi connectivity index (χ2v) is 5.92. The van der Waals surface area contributed by atoms with Gasteiger partial charge >= 0.3 is 0 Å². The van der Waals surface area contributed by atoms with Crippen LogP contribution in [0.5, 0.6) is 0 Å². The van der Waals surface area contributed by atoms with Gasteiger partial charge in [-0.1, -0.05) is 11.6 Å². The van der Waals surface area contributed by atoms with E-state index in [4.69, 9.17) is 11.6 Å². The Hall–Kier alpha value is -1.59. The summed E-state index contributed by atoms with van der Waals surface area (Å²) in [4.78, 5) is 28.2. The fourth-order valence-electron chi connectivity index (χ4n) is 2.63. The molecule has 2 amide bonds. The highest BCUT2D eigenvalue weighted by Gasteiger charge is 2.32. The first-order valence-electron chi connectivity index (χ1n) is 7.19. The van der Waals surface area contributed by atoms with Crippen molar-refractivity contribution in [2.45, 2.75) is 0 Å². The molecule has 0 unspecified atom stereocenters. The number of hydrogen-bond donors (Lipinski definition) is 1. The summed E-state index contributed by atoms with van der Waals surface area (Å²) < 4.78 is 0. The first-order valence-corrected chi connectivity index (χ1v) is 7.57. The van der Waals surface area contributed by atoms with Gasteiger partial charge in [0.15, 0.2) is 0 Å². The number of nitrogens with zero attached hydrogens (tertiary/aromatic N) is 2. The molecule has 2 fully saturated rings. The lowest BCUT2D eigenvalue weighted by Gasteiger charge is -2.38. The summed E-state index contributed by atoms with van der Waals surface area (Å²) in [6.07, 6.45) is 0. The van der Waals surface area contributed by atoms with Crippen LogP contribution in [0.3, 0.4) is 0 Å². The third-order valence-electron chi connectivity index (χ3n) is 4.10. The second kappa shape index (κ2) is 6.03. The molecule has 2 heterocycles. The highest BCUT2D eigenvalue weighted by Crippen LogP contribution is 2.15. The third-order valence-corrected chi connectivity index (χ3v) is 4.35. The van der Waals surface area contributed by atoms with Gasteiger partial charge in [-0.3, -0.25) is 9.59 Å². The van der Waals surface area contributed by atoms with Crippen LogP contribution >= 0.6 is 11.6 Å². The highest BCUT2D eigenvalue weighted by molar-refractivity contribution is 6.30. The molecule has 21 heavy (non-hydrogen) atoms. The number of hydrogen-bond acceptors (Lipinski definition) is 3. The molecule has 5 nitrogen and oxygen atoms in total. The Morgan fingerprint density at radius 3 is 2.10 bits per heavy atom. The van der Waals surface area contributed by atoms with E-state index >= 15 is 0 Å². The minimum atomic E-state index is 0.00377. The summed E-state index contributed by atoms with van der Waals surface area (Å²) in [6, 6.07) is 6.92. The third kappa shape index (κ3) is 3.04. The first-order chi connectivity index (χ1) is 10.1. The van der Waals surface area contributed by atoms with Crippen LogP contribution in [0.25, 0.3) is 0 Å². The molecule has 6 heteroatoms. The number of rotatable bonds is 2. The van der Waals surface area contributed by atoms with E-state index in [1.807, 2.05) is 4.90 Å². The molecule has 1 aromatic rings. The van der Waals surface area contributed by atoms with Crippen molar-refractivity contribution in [3.63, 3.8) is 0 Å². The molecule has 1 aromatic carbocycles. The van der Waals surface area contributed by atoms with Crippen LogP contribution < -0.4 is 5.32 Å². The fourth-order valence-corrected chi connectivity index (χ4v) is 2.75. The van der Waals surface area contributed by atoms with E-state index in [0.717, 1.165) is 13.1 Å². The SMILES string of the molecule is O=C(c1ccc(Cl)cc1)N1CCN(C(=O)C2CNC2)CC1. The Labute approximate surface area is 128 Å². The summed E-state index contributed by atoms with van der Waals surface area (Å²) in [5.41, 5.74) is 0.641. The summed E-state index contributed by atoms with van der Waals surface area (Å²) in [6.45, 7) is 3.98. The molecule has 2 aliphatic rings. The molecule has 2 aliphatic heterocycles. The number of nitrogens with one attached hydrogen (secondary N) is 1. The fraction of sp³-hybridized carbons (Fsp3) is 0.467. The van der Waals surface area contributed by atoms with E-state index in [2.05, 4.69) is 5.32 Å². The topological polar surface area (TPSA) is 52.7 Å². The molecular formula is C15H18ClN3O2. The van der Waals surface area contributed by atoms with Crippen molar-refractivity contribution in [3.8, 4) is 0 Å². The predicted molar refractivity (Wildman–Crippen MR) is 80.3 cm³/mol. The van der Waals surface area contributed by atoms with Crippen LogP contribution in [0.15, 0.2) is 24.3 Å². The minimum absolute atomic E-state index is 0.00377. The maximum Gasteiger partial charge on any atom is 0.253 e.